The lowest BCUT2D eigenvalue weighted by Gasteiger charge is -2.11. The van der Waals surface area contributed by atoms with Crippen molar-refractivity contribution in [1.82, 2.24) is 0 Å². The van der Waals surface area contributed by atoms with Crippen LogP contribution in [0.5, 0.6) is 0 Å². The molecule has 0 aromatic heterocycles. The Bertz CT molecular complexity index is 201. The van der Waals surface area contributed by atoms with Gasteiger partial charge in [-0.25, -0.2) is 0 Å². The Morgan fingerprint density at radius 2 is 1.50 bits per heavy atom. The summed E-state index contributed by atoms with van der Waals surface area (Å²) in [7, 11) is 1.47. The Labute approximate surface area is 113 Å². The number of esters is 1. The fraction of sp³-hybridized carbons (Fsp3) is 0.938. The van der Waals surface area contributed by atoms with Crippen LogP contribution < -0.4 is 0 Å². The number of hydrogen-bond donors (Lipinski definition) is 0. The van der Waals surface area contributed by atoms with Crippen LogP contribution in [0.15, 0.2) is 0 Å². The van der Waals surface area contributed by atoms with Crippen molar-refractivity contribution in [3.8, 4) is 0 Å². The normalized spacial score (nSPS) is 14.2. The highest BCUT2D eigenvalue weighted by molar-refractivity contribution is 5.71. The molecule has 0 aliphatic heterocycles. The summed E-state index contributed by atoms with van der Waals surface area (Å²) in [6.07, 6.45) is 11.5. The highest BCUT2D eigenvalue weighted by Gasteiger charge is 2.11. The first-order valence-corrected chi connectivity index (χ1v) is 7.69. The molecule has 0 spiro atoms. The van der Waals surface area contributed by atoms with E-state index >= 15 is 0 Å². The Hall–Kier alpha value is -0.530. The van der Waals surface area contributed by atoms with E-state index in [0.717, 1.165) is 18.8 Å². The molecule has 0 rings (SSSR count). The molecule has 0 radical (unpaired) electrons. The number of ether oxygens (including phenoxy) is 1. The molecule has 0 aromatic carbocycles. The van der Waals surface area contributed by atoms with Crippen LogP contribution in [-0.4, -0.2) is 13.1 Å². The van der Waals surface area contributed by atoms with Crippen LogP contribution in [0.25, 0.3) is 0 Å². The van der Waals surface area contributed by atoms with Gasteiger partial charge in [-0.2, -0.15) is 0 Å². The van der Waals surface area contributed by atoms with Crippen molar-refractivity contribution in [3.63, 3.8) is 0 Å². The molecule has 0 aromatic rings. The fourth-order valence-corrected chi connectivity index (χ4v) is 2.33. The van der Waals surface area contributed by atoms with Gasteiger partial charge in [-0.3, -0.25) is 4.79 Å². The van der Waals surface area contributed by atoms with E-state index in [1.807, 2.05) is 6.92 Å². The zero-order chi connectivity index (χ0) is 13.8. The second kappa shape index (κ2) is 11.6. The maximum Gasteiger partial charge on any atom is 0.308 e. The fourth-order valence-electron chi connectivity index (χ4n) is 2.33. The van der Waals surface area contributed by atoms with Crippen LogP contribution >= 0.6 is 0 Å². The Kier molecular flexibility index (Phi) is 11.2. The lowest BCUT2D eigenvalue weighted by atomic mass is 9.95. The molecule has 0 N–H and O–H groups in total. The van der Waals surface area contributed by atoms with Crippen molar-refractivity contribution in [2.75, 3.05) is 7.11 Å². The van der Waals surface area contributed by atoms with Gasteiger partial charge in [-0.05, 0) is 12.3 Å². The summed E-state index contributed by atoms with van der Waals surface area (Å²) in [5, 5.41) is 0. The molecule has 0 fully saturated rings. The third-order valence-electron chi connectivity index (χ3n) is 3.74. The molecule has 0 heterocycles. The van der Waals surface area contributed by atoms with Gasteiger partial charge in [0.2, 0.25) is 0 Å². The van der Waals surface area contributed by atoms with E-state index in [-0.39, 0.29) is 11.9 Å². The van der Waals surface area contributed by atoms with Crippen LogP contribution in [0.4, 0.5) is 0 Å². The molecule has 0 saturated carbocycles. The minimum Gasteiger partial charge on any atom is -0.469 e. The number of rotatable bonds is 11. The largest absolute Gasteiger partial charge is 0.469 e. The van der Waals surface area contributed by atoms with Gasteiger partial charge < -0.3 is 4.74 Å². The van der Waals surface area contributed by atoms with Crippen molar-refractivity contribution in [1.29, 1.82) is 0 Å². The predicted molar refractivity (Wildman–Crippen MR) is 77.6 cm³/mol. The smallest absolute Gasteiger partial charge is 0.308 e. The maximum atomic E-state index is 11.2. The second-order valence-corrected chi connectivity index (χ2v) is 5.66. The standard InChI is InChI=1S/C16H32O2/c1-5-6-8-11-14(2)12-9-7-10-13-15(3)16(17)18-4/h14-15H,5-13H2,1-4H3/t14-,15+/m0/s1. The molecule has 108 valence electrons. The first-order valence-electron chi connectivity index (χ1n) is 7.69. The van der Waals surface area contributed by atoms with Crippen molar-refractivity contribution in [3.05, 3.63) is 0 Å². The molecule has 0 saturated heterocycles. The Morgan fingerprint density at radius 3 is 2.06 bits per heavy atom. The van der Waals surface area contributed by atoms with E-state index < -0.39 is 0 Å². The summed E-state index contributed by atoms with van der Waals surface area (Å²) in [6.45, 7) is 6.58. The van der Waals surface area contributed by atoms with Gasteiger partial charge in [0.1, 0.15) is 0 Å². The monoisotopic (exact) mass is 256 g/mol. The zero-order valence-electron chi connectivity index (χ0n) is 12.8. The van der Waals surface area contributed by atoms with Gasteiger partial charge in [0.25, 0.3) is 0 Å². The molecule has 0 bridgehead atoms. The third-order valence-corrected chi connectivity index (χ3v) is 3.74. The molecule has 0 aliphatic carbocycles. The molecule has 2 heteroatoms. The van der Waals surface area contributed by atoms with Crippen LogP contribution in [0.3, 0.4) is 0 Å². The number of methoxy groups -OCH3 is 1. The van der Waals surface area contributed by atoms with Crippen molar-refractivity contribution < 1.29 is 9.53 Å². The molecular formula is C16H32O2. The number of unbranched alkanes of at least 4 members (excludes halogenated alkanes) is 4. The topological polar surface area (TPSA) is 26.3 Å². The maximum absolute atomic E-state index is 11.2. The average molecular weight is 256 g/mol. The van der Waals surface area contributed by atoms with Crippen molar-refractivity contribution in [2.24, 2.45) is 11.8 Å². The highest BCUT2D eigenvalue weighted by Crippen LogP contribution is 2.18. The molecule has 0 aliphatic rings. The molecule has 0 unspecified atom stereocenters. The minimum absolute atomic E-state index is 0.0666. The molecule has 0 amide bonds. The van der Waals surface area contributed by atoms with Gasteiger partial charge in [0.05, 0.1) is 13.0 Å². The van der Waals surface area contributed by atoms with Gasteiger partial charge in [-0.1, -0.05) is 72.1 Å². The van der Waals surface area contributed by atoms with Gasteiger partial charge in [0.15, 0.2) is 0 Å². The second-order valence-electron chi connectivity index (χ2n) is 5.66. The van der Waals surface area contributed by atoms with E-state index in [4.69, 9.17) is 4.74 Å². The SMILES string of the molecule is CCCCC[C@H](C)CCCCC[C@@H](C)C(=O)OC. The summed E-state index contributed by atoms with van der Waals surface area (Å²) in [4.78, 5) is 11.2. The van der Waals surface area contributed by atoms with Gasteiger partial charge in [0, 0.05) is 0 Å². The minimum atomic E-state index is -0.0667. The third kappa shape index (κ3) is 9.49. The molecule has 18 heavy (non-hydrogen) atoms. The summed E-state index contributed by atoms with van der Waals surface area (Å²) >= 11 is 0. The van der Waals surface area contributed by atoms with Crippen LogP contribution in [0.2, 0.25) is 0 Å². The number of carbonyl (C=O) groups is 1. The first-order chi connectivity index (χ1) is 8.61. The van der Waals surface area contributed by atoms with E-state index in [0.29, 0.717) is 0 Å². The van der Waals surface area contributed by atoms with Gasteiger partial charge in [-0.15, -0.1) is 0 Å². The predicted octanol–water partition coefficient (Wildman–Crippen LogP) is 4.96. The summed E-state index contributed by atoms with van der Waals surface area (Å²) in [5.41, 5.74) is 0. The van der Waals surface area contributed by atoms with E-state index in [1.165, 1.54) is 52.1 Å². The summed E-state index contributed by atoms with van der Waals surface area (Å²) in [6, 6.07) is 0. The first kappa shape index (κ1) is 17.5. The summed E-state index contributed by atoms with van der Waals surface area (Å²) < 4.78 is 4.72. The molecule has 2 nitrogen and oxygen atoms in total. The van der Waals surface area contributed by atoms with Crippen LogP contribution in [0, 0.1) is 11.8 Å². The lowest BCUT2D eigenvalue weighted by Crippen LogP contribution is -2.12. The molecule has 2 atom stereocenters. The van der Waals surface area contributed by atoms with Crippen LogP contribution in [0.1, 0.15) is 78.6 Å². The number of hydrogen-bond acceptors (Lipinski definition) is 2. The lowest BCUT2D eigenvalue weighted by molar-refractivity contribution is -0.145. The van der Waals surface area contributed by atoms with E-state index in [2.05, 4.69) is 13.8 Å². The van der Waals surface area contributed by atoms with Crippen molar-refractivity contribution in [2.45, 2.75) is 78.6 Å². The molecular weight excluding hydrogens is 224 g/mol. The van der Waals surface area contributed by atoms with E-state index in [1.54, 1.807) is 0 Å². The average Bonchev–Trinajstić information content (AvgIpc) is 2.37. The Morgan fingerprint density at radius 1 is 0.944 bits per heavy atom. The quantitative estimate of drug-likeness (QED) is 0.385. The van der Waals surface area contributed by atoms with Crippen molar-refractivity contribution >= 4 is 5.97 Å². The highest BCUT2D eigenvalue weighted by atomic mass is 16.5. The van der Waals surface area contributed by atoms with E-state index in [9.17, 15) is 4.79 Å². The Balaban J connectivity index is 3.36. The number of carbonyl (C=O) groups excluding carboxylic acids is 1. The van der Waals surface area contributed by atoms with Crippen LogP contribution in [-0.2, 0) is 9.53 Å². The van der Waals surface area contributed by atoms with Gasteiger partial charge >= 0.3 is 5.97 Å². The summed E-state index contributed by atoms with van der Waals surface area (Å²) in [5.74, 6) is 0.870. The zero-order valence-corrected chi connectivity index (χ0v) is 12.8.